The van der Waals surface area contributed by atoms with Gasteiger partial charge in [-0.1, -0.05) is 0 Å². The van der Waals surface area contributed by atoms with E-state index in [1.807, 2.05) is 26.2 Å². The second-order valence-corrected chi connectivity index (χ2v) is 6.15. The number of esters is 1. The number of aryl methyl sites for hydroxylation is 1. The van der Waals surface area contributed by atoms with Crippen LogP contribution in [0.3, 0.4) is 0 Å². The first kappa shape index (κ1) is 16.9. The van der Waals surface area contributed by atoms with Gasteiger partial charge in [0, 0.05) is 5.69 Å². The lowest BCUT2D eigenvalue weighted by molar-refractivity contribution is -0.150. The predicted octanol–water partition coefficient (Wildman–Crippen LogP) is 2.18. The molecular weight excluding hydrogens is 318 g/mol. The van der Waals surface area contributed by atoms with Crippen molar-refractivity contribution in [2.45, 2.75) is 18.9 Å². The molecular formula is C18H19N5O2. The van der Waals surface area contributed by atoms with Crippen molar-refractivity contribution >= 4 is 17.5 Å². The minimum absolute atomic E-state index is 0.234. The summed E-state index contributed by atoms with van der Waals surface area (Å²) in [4.78, 5) is 22.4. The standard InChI is InChI=1S/C18H19N5O2/c1-23(2)10-16(24)25-15-8-7-14-17(15)18(21-11-20-14)22-13-5-3-12(9-19)4-6-13/h3-6,11,15H,7-8,10H2,1-2H3,(H,20,21,22). The van der Waals surface area contributed by atoms with E-state index in [4.69, 9.17) is 10.00 Å². The number of fused-ring (bicyclic) bond motifs is 1. The Hall–Kier alpha value is -2.98. The number of hydrogen-bond donors (Lipinski definition) is 1. The molecule has 7 heteroatoms. The summed E-state index contributed by atoms with van der Waals surface area (Å²) in [6, 6.07) is 9.19. The Morgan fingerprint density at radius 1 is 1.36 bits per heavy atom. The summed E-state index contributed by atoms with van der Waals surface area (Å²) in [6.07, 6.45) is 2.62. The Bertz CT molecular complexity index is 811. The van der Waals surface area contributed by atoms with Crippen molar-refractivity contribution in [1.82, 2.24) is 14.9 Å². The fourth-order valence-electron chi connectivity index (χ4n) is 2.82. The molecule has 25 heavy (non-hydrogen) atoms. The van der Waals surface area contributed by atoms with Crippen molar-refractivity contribution in [2.75, 3.05) is 26.0 Å². The number of carbonyl (C=O) groups excluding carboxylic acids is 1. The Balaban J connectivity index is 1.81. The molecule has 7 nitrogen and oxygen atoms in total. The second-order valence-electron chi connectivity index (χ2n) is 6.15. The quantitative estimate of drug-likeness (QED) is 0.836. The topological polar surface area (TPSA) is 91.1 Å². The number of nitrogens with zero attached hydrogens (tertiary/aromatic N) is 4. The van der Waals surface area contributed by atoms with Gasteiger partial charge in [-0.05, 0) is 51.2 Å². The lowest BCUT2D eigenvalue weighted by atomic mass is 10.2. The van der Waals surface area contributed by atoms with E-state index in [1.54, 1.807) is 17.0 Å². The second kappa shape index (κ2) is 7.28. The number of benzene rings is 1. The molecule has 1 aromatic carbocycles. The molecule has 0 amide bonds. The first-order valence-electron chi connectivity index (χ1n) is 8.02. The largest absolute Gasteiger partial charge is 0.456 e. The summed E-state index contributed by atoms with van der Waals surface area (Å²) in [7, 11) is 3.65. The van der Waals surface area contributed by atoms with Crippen LogP contribution in [0.15, 0.2) is 30.6 Å². The molecule has 0 bridgehead atoms. The lowest BCUT2D eigenvalue weighted by Gasteiger charge is -2.18. The monoisotopic (exact) mass is 337 g/mol. The maximum Gasteiger partial charge on any atom is 0.320 e. The maximum atomic E-state index is 12.0. The van der Waals surface area contributed by atoms with E-state index in [0.29, 0.717) is 17.8 Å². The van der Waals surface area contributed by atoms with E-state index in [-0.39, 0.29) is 18.6 Å². The summed E-state index contributed by atoms with van der Waals surface area (Å²) in [5.74, 6) is 0.367. The lowest BCUT2D eigenvalue weighted by Crippen LogP contribution is -2.24. The third kappa shape index (κ3) is 3.92. The van der Waals surface area contributed by atoms with Gasteiger partial charge in [0.1, 0.15) is 18.2 Å². The molecule has 1 atom stereocenters. The van der Waals surface area contributed by atoms with Gasteiger partial charge in [-0.3, -0.25) is 9.69 Å². The predicted molar refractivity (Wildman–Crippen MR) is 92.2 cm³/mol. The number of anilines is 2. The maximum absolute atomic E-state index is 12.0. The van der Waals surface area contributed by atoms with Gasteiger partial charge in [0.05, 0.1) is 29.4 Å². The van der Waals surface area contributed by atoms with E-state index in [2.05, 4.69) is 21.4 Å². The van der Waals surface area contributed by atoms with Crippen LogP contribution in [-0.2, 0) is 16.0 Å². The van der Waals surface area contributed by atoms with Crippen LogP contribution in [0, 0.1) is 11.3 Å². The number of nitriles is 1. The molecule has 1 N–H and O–H groups in total. The Kier molecular flexibility index (Phi) is 4.91. The fraction of sp³-hybridized carbons (Fsp3) is 0.333. The minimum atomic E-state index is -0.343. The van der Waals surface area contributed by atoms with Gasteiger partial charge in [-0.25, -0.2) is 9.97 Å². The van der Waals surface area contributed by atoms with Gasteiger partial charge < -0.3 is 10.1 Å². The van der Waals surface area contributed by atoms with Crippen molar-refractivity contribution < 1.29 is 9.53 Å². The average molecular weight is 337 g/mol. The van der Waals surface area contributed by atoms with Crippen molar-refractivity contribution in [3.8, 4) is 6.07 Å². The highest BCUT2D eigenvalue weighted by molar-refractivity contribution is 5.72. The summed E-state index contributed by atoms with van der Waals surface area (Å²) in [5.41, 5.74) is 3.13. The van der Waals surface area contributed by atoms with Gasteiger partial charge in [0.25, 0.3) is 0 Å². The number of hydrogen-bond acceptors (Lipinski definition) is 7. The average Bonchev–Trinajstić information content (AvgIpc) is 2.99. The van der Waals surface area contributed by atoms with Crippen molar-refractivity contribution in [1.29, 1.82) is 5.26 Å². The van der Waals surface area contributed by atoms with E-state index >= 15 is 0 Å². The minimum Gasteiger partial charge on any atom is -0.456 e. The summed E-state index contributed by atoms with van der Waals surface area (Å²) >= 11 is 0. The smallest absolute Gasteiger partial charge is 0.320 e. The number of ether oxygens (including phenoxy) is 1. The van der Waals surface area contributed by atoms with Crippen LogP contribution in [0.5, 0.6) is 0 Å². The van der Waals surface area contributed by atoms with Crippen molar-refractivity contribution in [3.63, 3.8) is 0 Å². The molecule has 0 saturated carbocycles. The van der Waals surface area contributed by atoms with Crippen LogP contribution in [-0.4, -0.2) is 41.5 Å². The Labute approximate surface area is 146 Å². The number of rotatable bonds is 5. The first-order valence-corrected chi connectivity index (χ1v) is 8.02. The highest BCUT2D eigenvalue weighted by atomic mass is 16.5. The Morgan fingerprint density at radius 3 is 2.80 bits per heavy atom. The molecule has 0 aliphatic heterocycles. The van der Waals surface area contributed by atoms with E-state index in [1.165, 1.54) is 6.33 Å². The van der Waals surface area contributed by atoms with Gasteiger partial charge >= 0.3 is 5.97 Å². The molecule has 1 unspecified atom stereocenters. The molecule has 2 aromatic rings. The normalized spacial score (nSPS) is 15.5. The SMILES string of the molecule is CN(C)CC(=O)OC1CCc2ncnc(Nc3ccc(C#N)cc3)c21. The highest BCUT2D eigenvalue weighted by Crippen LogP contribution is 2.37. The summed E-state index contributed by atoms with van der Waals surface area (Å²) in [5, 5.41) is 12.1. The number of aromatic nitrogens is 2. The zero-order chi connectivity index (χ0) is 17.8. The third-order valence-electron chi connectivity index (χ3n) is 3.93. The molecule has 1 aromatic heterocycles. The van der Waals surface area contributed by atoms with Crippen LogP contribution in [0.25, 0.3) is 0 Å². The number of likely N-dealkylation sites (N-methyl/N-ethyl adjacent to an activating group) is 1. The first-order chi connectivity index (χ1) is 12.1. The van der Waals surface area contributed by atoms with E-state index < -0.39 is 0 Å². The molecule has 1 heterocycles. The van der Waals surface area contributed by atoms with Crippen LogP contribution < -0.4 is 5.32 Å². The molecule has 0 saturated heterocycles. The van der Waals surface area contributed by atoms with Crippen molar-refractivity contribution in [2.24, 2.45) is 0 Å². The zero-order valence-corrected chi connectivity index (χ0v) is 14.2. The highest BCUT2D eigenvalue weighted by Gasteiger charge is 2.30. The molecule has 1 aliphatic rings. The molecule has 0 radical (unpaired) electrons. The zero-order valence-electron chi connectivity index (χ0n) is 14.2. The third-order valence-corrected chi connectivity index (χ3v) is 3.93. The van der Waals surface area contributed by atoms with Gasteiger partial charge in [-0.2, -0.15) is 5.26 Å². The number of nitrogens with one attached hydrogen (secondary N) is 1. The van der Waals surface area contributed by atoms with Crippen molar-refractivity contribution in [3.05, 3.63) is 47.4 Å². The van der Waals surface area contributed by atoms with Gasteiger partial charge in [0.2, 0.25) is 0 Å². The fourth-order valence-corrected chi connectivity index (χ4v) is 2.82. The van der Waals surface area contributed by atoms with Gasteiger partial charge in [0.15, 0.2) is 0 Å². The van der Waals surface area contributed by atoms with Crippen LogP contribution >= 0.6 is 0 Å². The summed E-state index contributed by atoms with van der Waals surface area (Å²) < 4.78 is 5.62. The molecule has 128 valence electrons. The molecule has 3 rings (SSSR count). The van der Waals surface area contributed by atoms with E-state index in [9.17, 15) is 4.79 Å². The molecule has 0 spiro atoms. The Morgan fingerprint density at radius 2 is 2.12 bits per heavy atom. The van der Waals surface area contributed by atoms with Crippen LogP contribution in [0.1, 0.15) is 29.3 Å². The van der Waals surface area contributed by atoms with Gasteiger partial charge in [-0.15, -0.1) is 0 Å². The summed E-state index contributed by atoms with van der Waals surface area (Å²) in [6.45, 7) is 0.234. The van der Waals surface area contributed by atoms with Crippen LogP contribution in [0.2, 0.25) is 0 Å². The molecule has 1 aliphatic carbocycles. The van der Waals surface area contributed by atoms with E-state index in [0.717, 1.165) is 23.4 Å². The number of carbonyl (C=O) groups is 1. The van der Waals surface area contributed by atoms with Crippen LogP contribution in [0.4, 0.5) is 11.5 Å². The molecule has 0 fully saturated rings.